The van der Waals surface area contributed by atoms with E-state index in [4.69, 9.17) is 10.7 Å². The van der Waals surface area contributed by atoms with Gasteiger partial charge in [0.15, 0.2) is 5.03 Å². The maximum Gasteiger partial charge on any atom is 0.278 e. The summed E-state index contributed by atoms with van der Waals surface area (Å²) in [5.41, 5.74) is 0. The molecule has 0 aliphatic heterocycles. The average molecular weight is 219 g/mol. The molecule has 2 rings (SSSR count). The van der Waals surface area contributed by atoms with Gasteiger partial charge in [0.2, 0.25) is 0 Å². The Morgan fingerprint density at radius 3 is 2.92 bits per heavy atom. The lowest BCUT2D eigenvalue weighted by Crippen LogP contribution is -1.98. The second-order valence-electron chi connectivity index (χ2n) is 2.21. The molecule has 2 heterocycles. The first-order valence-corrected chi connectivity index (χ1v) is 5.49. The molecule has 0 unspecified atom stereocenters. The molecule has 2 aromatic rings. The normalized spacial score (nSPS) is 12.1. The van der Waals surface area contributed by atoms with E-state index in [1.54, 1.807) is 0 Å². The van der Waals surface area contributed by atoms with Gasteiger partial charge in [-0.25, -0.2) is 12.9 Å². The second kappa shape index (κ2) is 2.64. The summed E-state index contributed by atoms with van der Waals surface area (Å²) in [6.45, 7) is 0. The molecule has 0 atom stereocenters. The molecule has 0 bridgehead atoms. The van der Waals surface area contributed by atoms with Crippen molar-refractivity contribution in [2.45, 2.75) is 5.03 Å². The zero-order valence-corrected chi connectivity index (χ0v) is 7.70. The van der Waals surface area contributed by atoms with Crippen molar-refractivity contribution in [3.8, 4) is 0 Å². The van der Waals surface area contributed by atoms with Crippen LogP contribution in [-0.4, -0.2) is 28.0 Å². The van der Waals surface area contributed by atoms with E-state index in [9.17, 15) is 8.42 Å². The van der Waals surface area contributed by atoms with Crippen LogP contribution in [0.25, 0.3) is 5.78 Å². The first-order valence-electron chi connectivity index (χ1n) is 3.18. The van der Waals surface area contributed by atoms with E-state index >= 15 is 0 Å². The number of halogens is 1. The molecule has 6 nitrogen and oxygen atoms in total. The van der Waals surface area contributed by atoms with Gasteiger partial charge in [0, 0.05) is 16.9 Å². The van der Waals surface area contributed by atoms with Crippen LogP contribution >= 0.6 is 10.7 Å². The van der Waals surface area contributed by atoms with Crippen molar-refractivity contribution < 1.29 is 8.42 Å². The predicted octanol–water partition coefficient (Wildman–Crippen LogP) is 0.0518. The van der Waals surface area contributed by atoms with Gasteiger partial charge in [-0.05, 0) is 6.07 Å². The SMILES string of the molecule is O=S(=O)(Cl)c1ccn2ncnc2n1. The molecule has 0 amide bonds. The molecule has 0 N–H and O–H groups in total. The van der Waals surface area contributed by atoms with Gasteiger partial charge >= 0.3 is 0 Å². The van der Waals surface area contributed by atoms with E-state index in [1.807, 2.05) is 0 Å². The third-order valence-electron chi connectivity index (χ3n) is 1.37. The average Bonchev–Trinajstić information content (AvgIpc) is 2.47. The van der Waals surface area contributed by atoms with E-state index in [0.717, 1.165) is 0 Å². The Labute approximate surface area is 77.6 Å². The molecule has 0 aliphatic carbocycles. The van der Waals surface area contributed by atoms with Crippen LogP contribution in [0.2, 0.25) is 0 Å². The molecule has 0 radical (unpaired) electrons. The standard InChI is InChI=1S/C5H3ClN4O2S/c6-13(11,12)4-1-2-10-5(9-4)7-3-8-10/h1-3H. The fourth-order valence-electron chi connectivity index (χ4n) is 0.835. The third kappa shape index (κ3) is 1.47. The van der Waals surface area contributed by atoms with E-state index < -0.39 is 9.05 Å². The lowest BCUT2D eigenvalue weighted by Gasteiger charge is -1.94. The fourth-order valence-corrected chi connectivity index (χ4v) is 1.51. The summed E-state index contributed by atoms with van der Waals surface area (Å²) in [5, 5.41) is 3.52. The van der Waals surface area contributed by atoms with E-state index in [-0.39, 0.29) is 10.8 Å². The van der Waals surface area contributed by atoms with Gasteiger partial charge in [0.05, 0.1) is 0 Å². The van der Waals surface area contributed by atoms with Crippen molar-refractivity contribution in [2.24, 2.45) is 0 Å². The second-order valence-corrected chi connectivity index (χ2v) is 4.72. The molecule has 8 heteroatoms. The Kier molecular flexibility index (Phi) is 1.70. The molecular formula is C5H3ClN4O2S. The molecule has 0 spiro atoms. The van der Waals surface area contributed by atoms with Crippen LogP contribution < -0.4 is 0 Å². The first-order chi connectivity index (χ1) is 6.07. The van der Waals surface area contributed by atoms with Crippen molar-refractivity contribution in [1.29, 1.82) is 0 Å². The highest BCUT2D eigenvalue weighted by molar-refractivity contribution is 8.13. The maximum absolute atomic E-state index is 10.8. The Bertz CT molecular complexity index is 548. The van der Waals surface area contributed by atoms with Crippen LogP contribution in [0.4, 0.5) is 0 Å². The number of rotatable bonds is 1. The van der Waals surface area contributed by atoms with Gasteiger partial charge in [-0.1, -0.05) is 0 Å². The molecule has 0 aromatic carbocycles. The van der Waals surface area contributed by atoms with Crippen molar-refractivity contribution in [3.05, 3.63) is 18.6 Å². The molecule has 2 aromatic heterocycles. The Hall–Kier alpha value is -1.21. The molecular weight excluding hydrogens is 216 g/mol. The minimum absolute atomic E-state index is 0.196. The number of hydrogen-bond donors (Lipinski definition) is 0. The van der Waals surface area contributed by atoms with Crippen molar-refractivity contribution >= 4 is 25.5 Å². The Morgan fingerprint density at radius 2 is 2.23 bits per heavy atom. The van der Waals surface area contributed by atoms with Crippen LogP contribution in [0.1, 0.15) is 0 Å². The summed E-state index contributed by atoms with van der Waals surface area (Å²) in [6.07, 6.45) is 2.69. The topological polar surface area (TPSA) is 77.2 Å². The van der Waals surface area contributed by atoms with Crippen molar-refractivity contribution in [1.82, 2.24) is 19.6 Å². The summed E-state index contributed by atoms with van der Waals surface area (Å²) in [4.78, 5) is 7.39. The number of nitrogens with zero attached hydrogens (tertiary/aromatic N) is 4. The number of aromatic nitrogens is 4. The molecule has 0 aliphatic rings. The lowest BCUT2D eigenvalue weighted by atomic mass is 10.7. The number of hydrogen-bond acceptors (Lipinski definition) is 5. The summed E-state index contributed by atoms with van der Waals surface area (Å²) in [5.74, 6) is 0.196. The van der Waals surface area contributed by atoms with E-state index in [1.165, 1.54) is 23.1 Å². The monoisotopic (exact) mass is 218 g/mol. The van der Waals surface area contributed by atoms with Crippen LogP contribution in [0.3, 0.4) is 0 Å². The van der Waals surface area contributed by atoms with Crippen LogP contribution in [0.15, 0.2) is 23.6 Å². The smallest absolute Gasteiger partial charge is 0.205 e. The summed E-state index contributed by atoms with van der Waals surface area (Å²) >= 11 is 0. The maximum atomic E-state index is 10.8. The van der Waals surface area contributed by atoms with Crippen LogP contribution in [-0.2, 0) is 9.05 Å². The number of fused-ring (bicyclic) bond motifs is 1. The Morgan fingerprint density at radius 1 is 1.46 bits per heavy atom. The van der Waals surface area contributed by atoms with Crippen molar-refractivity contribution in [2.75, 3.05) is 0 Å². The van der Waals surface area contributed by atoms with E-state index in [0.29, 0.717) is 0 Å². The predicted molar refractivity (Wildman–Crippen MR) is 43.8 cm³/mol. The fraction of sp³-hybridized carbons (Fsp3) is 0. The quantitative estimate of drug-likeness (QED) is 0.499. The summed E-state index contributed by atoms with van der Waals surface area (Å²) in [6, 6.07) is 1.25. The van der Waals surface area contributed by atoms with Gasteiger partial charge in [0.1, 0.15) is 6.33 Å². The molecule has 0 saturated heterocycles. The van der Waals surface area contributed by atoms with Gasteiger partial charge in [0.25, 0.3) is 14.8 Å². The highest BCUT2D eigenvalue weighted by Gasteiger charge is 2.12. The van der Waals surface area contributed by atoms with Crippen LogP contribution in [0, 0.1) is 0 Å². The third-order valence-corrected chi connectivity index (χ3v) is 2.57. The highest BCUT2D eigenvalue weighted by Crippen LogP contribution is 2.11. The lowest BCUT2D eigenvalue weighted by molar-refractivity contribution is 0.606. The van der Waals surface area contributed by atoms with Gasteiger partial charge in [-0.3, -0.25) is 0 Å². The van der Waals surface area contributed by atoms with Crippen LogP contribution in [0.5, 0.6) is 0 Å². The zero-order valence-electron chi connectivity index (χ0n) is 6.12. The zero-order chi connectivity index (χ0) is 9.47. The van der Waals surface area contributed by atoms with Gasteiger partial charge < -0.3 is 0 Å². The van der Waals surface area contributed by atoms with Gasteiger partial charge in [-0.2, -0.15) is 15.1 Å². The Balaban J connectivity index is 2.75. The minimum Gasteiger partial charge on any atom is -0.205 e. The van der Waals surface area contributed by atoms with Crippen molar-refractivity contribution in [3.63, 3.8) is 0 Å². The highest BCUT2D eigenvalue weighted by atomic mass is 35.7. The summed E-state index contributed by atoms with van der Waals surface area (Å²) in [7, 11) is 1.29. The molecule has 13 heavy (non-hydrogen) atoms. The molecule has 0 fully saturated rings. The van der Waals surface area contributed by atoms with Gasteiger partial charge in [-0.15, -0.1) is 0 Å². The molecule has 68 valence electrons. The summed E-state index contributed by atoms with van der Waals surface area (Å²) < 4.78 is 23.0. The minimum atomic E-state index is -3.79. The first kappa shape index (κ1) is 8.39. The van der Waals surface area contributed by atoms with E-state index in [2.05, 4.69) is 15.1 Å². The molecule has 0 saturated carbocycles. The largest absolute Gasteiger partial charge is 0.278 e.